The summed E-state index contributed by atoms with van der Waals surface area (Å²) in [5, 5.41) is 13.7. The maximum atomic E-state index is 12.4. The van der Waals surface area contributed by atoms with Crippen LogP contribution >= 0.6 is 11.6 Å². The van der Waals surface area contributed by atoms with Crippen LogP contribution in [0.4, 0.5) is 0 Å². The maximum absolute atomic E-state index is 12.4. The first-order valence-corrected chi connectivity index (χ1v) is 7.98. The van der Waals surface area contributed by atoms with Crippen molar-refractivity contribution in [3.63, 3.8) is 0 Å². The Hall–Kier alpha value is -2.00. The van der Waals surface area contributed by atoms with Crippen LogP contribution in [-0.2, 0) is 4.79 Å². The number of carbonyl (C=O) groups is 1. The van der Waals surface area contributed by atoms with Crippen LogP contribution in [0.2, 0.25) is 5.02 Å². The molecule has 2 rings (SSSR count). The molecule has 0 saturated carbocycles. The molecule has 0 fully saturated rings. The fraction of sp³-hybridized carbons (Fsp3) is 0.316. The molecule has 0 aromatic heterocycles. The normalized spacial score (nSPS) is 12.7. The summed E-state index contributed by atoms with van der Waals surface area (Å²) in [7, 11) is 0. The number of halogens is 1. The molecule has 23 heavy (non-hydrogen) atoms. The molecule has 0 saturated heterocycles. The van der Waals surface area contributed by atoms with Gasteiger partial charge in [0.15, 0.2) is 0 Å². The molecule has 1 unspecified atom stereocenters. The van der Waals surface area contributed by atoms with Crippen molar-refractivity contribution >= 4 is 17.5 Å². The Bertz CT molecular complexity index is 678. The van der Waals surface area contributed by atoms with Gasteiger partial charge in [-0.1, -0.05) is 41.9 Å². The smallest absolute Gasteiger partial charge is 0.221 e. The second-order valence-electron chi connectivity index (χ2n) is 6.67. The lowest BCUT2D eigenvalue weighted by atomic mass is 9.87. The predicted molar refractivity (Wildman–Crippen MR) is 93.9 cm³/mol. The summed E-state index contributed by atoms with van der Waals surface area (Å²) in [6.07, 6.45) is 0.245. The molecule has 4 heteroatoms. The van der Waals surface area contributed by atoms with Crippen LogP contribution in [0.3, 0.4) is 0 Å². The molecule has 2 aromatic rings. The lowest BCUT2D eigenvalue weighted by Gasteiger charge is -2.24. The number of phenols is 1. The molecular weight excluding hydrogens is 310 g/mol. The predicted octanol–water partition coefficient (Wildman–Crippen LogP) is 4.48. The van der Waals surface area contributed by atoms with Crippen molar-refractivity contribution in [3.8, 4) is 5.75 Å². The van der Waals surface area contributed by atoms with E-state index in [2.05, 4.69) is 5.32 Å². The molecule has 1 atom stereocenters. The molecule has 0 aliphatic heterocycles. The standard InChI is InChI=1S/C19H22ClNO2/c1-19(2,3)21-18(23)12-15(13-7-5-4-6-8-13)16-11-14(20)9-10-17(16)22/h4-11,15,22H,12H2,1-3H3,(H,21,23). The molecule has 3 nitrogen and oxygen atoms in total. The van der Waals surface area contributed by atoms with Gasteiger partial charge in [0.2, 0.25) is 5.91 Å². The van der Waals surface area contributed by atoms with Crippen LogP contribution in [0.5, 0.6) is 5.75 Å². The minimum Gasteiger partial charge on any atom is -0.508 e. The Morgan fingerprint density at radius 2 is 1.83 bits per heavy atom. The van der Waals surface area contributed by atoms with Gasteiger partial charge < -0.3 is 10.4 Å². The molecule has 0 bridgehead atoms. The molecule has 0 aliphatic rings. The third kappa shape index (κ3) is 5.00. The monoisotopic (exact) mass is 331 g/mol. The lowest BCUT2D eigenvalue weighted by Crippen LogP contribution is -2.41. The zero-order valence-corrected chi connectivity index (χ0v) is 14.4. The second kappa shape index (κ2) is 7.05. The lowest BCUT2D eigenvalue weighted by molar-refractivity contribution is -0.122. The zero-order chi connectivity index (χ0) is 17.0. The molecule has 1 amide bonds. The van der Waals surface area contributed by atoms with Gasteiger partial charge in [0.05, 0.1) is 0 Å². The summed E-state index contributed by atoms with van der Waals surface area (Å²) in [6, 6.07) is 14.6. The fourth-order valence-electron chi connectivity index (χ4n) is 2.55. The highest BCUT2D eigenvalue weighted by Gasteiger charge is 2.23. The number of hydrogen-bond acceptors (Lipinski definition) is 2. The van der Waals surface area contributed by atoms with E-state index >= 15 is 0 Å². The average molecular weight is 332 g/mol. The van der Waals surface area contributed by atoms with Crippen molar-refractivity contribution in [1.82, 2.24) is 5.32 Å². The first-order chi connectivity index (χ1) is 10.8. The van der Waals surface area contributed by atoms with Crippen LogP contribution in [-0.4, -0.2) is 16.6 Å². The summed E-state index contributed by atoms with van der Waals surface area (Å²) in [6.45, 7) is 5.83. The molecule has 0 heterocycles. The molecule has 2 N–H and O–H groups in total. The molecule has 0 aliphatic carbocycles. The van der Waals surface area contributed by atoms with Crippen LogP contribution in [0.1, 0.15) is 44.2 Å². The largest absolute Gasteiger partial charge is 0.508 e. The van der Waals surface area contributed by atoms with Crippen molar-refractivity contribution in [2.24, 2.45) is 0 Å². The van der Waals surface area contributed by atoms with E-state index in [-0.39, 0.29) is 29.5 Å². The van der Waals surface area contributed by atoms with E-state index in [4.69, 9.17) is 11.6 Å². The minimum atomic E-state index is -0.297. The van der Waals surface area contributed by atoms with E-state index < -0.39 is 0 Å². The van der Waals surface area contributed by atoms with Gasteiger partial charge in [0.1, 0.15) is 5.75 Å². The first kappa shape index (κ1) is 17.4. The van der Waals surface area contributed by atoms with Gasteiger partial charge >= 0.3 is 0 Å². The molecule has 122 valence electrons. The van der Waals surface area contributed by atoms with Crippen molar-refractivity contribution in [2.75, 3.05) is 0 Å². The summed E-state index contributed by atoms with van der Waals surface area (Å²) < 4.78 is 0. The zero-order valence-electron chi connectivity index (χ0n) is 13.6. The summed E-state index contributed by atoms with van der Waals surface area (Å²) in [5.41, 5.74) is 1.33. The summed E-state index contributed by atoms with van der Waals surface area (Å²) in [4.78, 5) is 12.4. The first-order valence-electron chi connectivity index (χ1n) is 7.60. The highest BCUT2D eigenvalue weighted by Crippen LogP contribution is 2.35. The van der Waals surface area contributed by atoms with Crippen LogP contribution in [0.15, 0.2) is 48.5 Å². The van der Waals surface area contributed by atoms with Crippen molar-refractivity contribution < 1.29 is 9.90 Å². The Morgan fingerprint density at radius 3 is 2.43 bits per heavy atom. The van der Waals surface area contributed by atoms with Gasteiger partial charge in [-0.15, -0.1) is 0 Å². The van der Waals surface area contributed by atoms with Gasteiger partial charge in [0.25, 0.3) is 0 Å². The van der Waals surface area contributed by atoms with E-state index in [0.717, 1.165) is 5.56 Å². The van der Waals surface area contributed by atoms with Gasteiger partial charge in [0, 0.05) is 28.5 Å². The number of hydrogen-bond donors (Lipinski definition) is 2. The van der Waals surface area contributed by atoms with Crippen molar-refractivity contribution in [2.45, 2.75) is 38.6 Å². The van der Waals surface area contributed by atoms with E-state index in [0.29, 0.717) is 10.6 Å². The number of phenolic OH excluding ortho intramolecular Hbond substituents is 1. The van der Waals surface area contributed by atoms with E-state index in [9.17, 15) is 9.90 Å². The van der Waals surface area contributed by atoms with E-state index in [1.54, 1.807) is 18.2 Å². The summed E-state index contributed by atoms with van der Waals surface area (Å²) >= 11 is 6.08. The number of rotatable bonds is 4. The number of amides is 1. The Morgan fingerprint density at radius 1 is 1.17 bits per heavy atom. The molecule has 0 radical (unpaired) electrons. The SMILES string of the molecule is CC(C)(C)NC(=O)CC(c1ccccc1)c1cc(Cl)ccc1O. The van der Waals surface area contributed by atoms with Gasteiger partial charge in [-0.25, -0.2) is 0 Å². The van der Waals surface area contributed by atoms with Crippen molar-refractivity contribution in [3.05, 3.63) is 64.7 Å². The maximum Gasteiger partial charge on any atom is 0.221 e. The van der Waals surface area contributed by atoms with Crippen LogP contribution < -0.4 is 5.32 Å². The fourth-order valence-corrected chi connectivity index (χ4v) is 2.73. The van der Waals surface area contributed by atoms with E-state index in [1.165, 1.54) is 0 Å². The third-order valence-electron chi connectivity index (χ3n) is 3.47. The third-order valence-corrected chi connectivity index (χ3v) is 3.71. The number of carbonyl (C=O) groups excluding carboxylic acids is 1. The Balaban J connectivity index is 2.37. The second-order valence-corrected chi connectivity index (χ2v) is 7.11. The average Bonchev–Trinajstić information content (AvgIpc) is 2.47. The summed E-state index contributed by atoms with van der Waals surface area (Å²) in [5.74, 6) is -0.171. The quantitative estimate of drug-likeness (QED) is 0.867. The highest BCUT2D eigenvalue weighted by atomic mass is 35.5. The Labute approximate surface area is 142 Å². The van der Waals surface area contributed by atoms with E-state index in [1.807, 2.05) is 51.1 Å². The molecule has 2 aromatic carbocycles. The number of benzene rings is 2. The minimum absolute atomic E-state index is 0.0641. The number of aromatic hydroxyl groups is 1. The van der Waals surface area contributed by atoms with Gasteiger partial charge in [-0.3, -0.25) is 4.79 Å². The van der Waals surface area contributed by atoms with Crippen LogP contribution in [0, 0.1) is 0 Å². The van der Waals surface area contributed by atoms with Gasteiger partial charge in [-0.05, 0) is 44.5 Å². The van der Waals surface area contributed by atoms with Crippen molar-refractivity contribution in [1.29, 1.82) is 0 Å². The van der Waals surface area contributed by atoms with Crippen LogP contribution in [0.25, 0.3) is 0 Å². The highest BCUT2D eigenvalue weighted by molar-refractivity contribution is 6.30. The Kier molecular flexibility index (Phi) is 5.32. The number of nitrogens with one attached hydrogen (secondary N) is 1. The molecular formula is C19H22ClNO2. The topological polar surface area (TPSA) is 49.3 Å². The molecule has 0 spiro atoms. The van der Waals surface area contributed by atoms with Gasteiger partial charge in [-0.2, -0.15) is 0 Å².